The molecular weight excluding hydrogens is 502 g/mol. The predicted molar refractivity (Wildman–Crippen MR) is 136 cm³/mol. The van der Waals surface area contributed by atoms with Crippen LogP contribution < -0.4 is 10.3 Å². The standard InChI is InChI=1S/C27H25ClF2N4O3/c1-14-12-32-20(19-8-9-31-26(33-19)27(4,5)36)11-21(14)34-15(2)10-22(23(28)25(34)35)37-13-17-6-7-18(29)16(3)24(17)30/h6-12,36H,13H2,1-5H3. The topological polar surface area (TPSA) is 90.1 Å². The molecule has 3 heterocycles. The Kier molecular flexibility index (Phi) is 7.12. The molecule has 0 aliphatic heterocycles. The Morgan fingerprint density at radius 1 is 1.08 bits per heavy atom. The van der Waals surface area contributed by atoms with Crippen LogP contribution in [0.15, 0.2) is 47.5 Å². The normalized spacial score (nSPS) is 11.6. The Morgan fingerprint density at radius 2 is 1.81 bits per heavy atom. The number of rotatable bonds is 6. The number of nitrogens with zero attached hydrogens (tertiary/aromatic N) is 4. The Morgan fingerprint density at radius 3 is 2.51 bits per heavy atom. The smallest absolute Gasteiger partial charge is 0.277 e. The third kappa shape index (κ3) is 5.23. The van der Waals surface area contributed by atoms with Crippen molar-refractivity contribution >= 4 is 11.6 Å². The molecule has 1 N–H and O–H groups in total. The van der Waals surface area contributed by atoms with Crippen LogP contribution in [0.25, 0.3) is 17.1 Å². The third-order valence-electron chi connectivity index (χ3n) is 5.86. The molecule has 0 spiro atoms. The van der Waals surface area contributed by atoms with Gasteiger partial charge in [-0.25, -0.2) is 18.7 Å². The second kappa shape index (κ2) is 9.99. The number of aromatic nitrogens is 4. The fourth-order valence-corrected chi connectivity index (χ4v) is 3.95. The molecule has 1 aromatic carbocycles. The van der Waals surface area contributed by atoms with Gasteiger partial charge in [0.15, 0.2) is 5.82 Å². The van der Waals surface area contributed by atoms with E-state index in [0.29, 0.717) is 28.3 Å². The van der Waals surface area contributed by atoms with E-state index >= 15 is 0 Å². The summed E-state index contributed by atoms with van der Waals surface area (Å²) in [6.07, 6.45) is 3.14. The lowest BCUT2D eigenvalue weighted by Crippen LogP contribution is -2.23. The highest BCUT2D eigenvalue weighted by molar-refractivity contribution is 6.31. The molecule has 192 valence electrons. The van der Waals surface area contributed by atoms with Gasteiger partial charge >= 0.3 is 0 Å². The van der Waals surface area contributed by atoms with Crippen molar-refractivity contribution in [1.82, 2.24) is 19.5 Å². The van der Waals surface area contributed by atoms with Crippen molar-refractivity contribution in [3.05, 3.63) is 97.9 Å². The van der Waals surface area contributed by atoms with E-state index in [2.05, 4.69) is 15.0 Å². The van der Waals surface area contributed by atoms with Crippen LogP contribution in [0.1, 0.15) is 42.1 Å². The Hall–Kier alpha value is -3.69. The zero-order chi connectivity index (χ0) is 27.1. The molecule has 0 fully saturated rings. The summed E-state index contributed by atoms with van der Waals surface area (Å²) in [5.74, 6) is -1.04. The van der Waals surface area contributed by atoms with Crippen molar-refractivity contribution in [3.63, 3.8) is 0 Å². The molecule has 0 bridgehead atoms. The summed E-state index contributed by atoms with van der Waals surface area (Å²) in [6.45, 7) is 7.79. The van der Waals surface area contributed by atoms with Crippen LogP contribution >= 0.6 is 11.6 Å². The van der Waals surface area contributed by atoms with E-state index in [9.17, 15) is 18.7 Å². The number of aryl methyl sites for hydroxylation is 2. The number of hydrogen-bond acceptors (Lipinski definition) is 6. The predicted octanol–water partition coefficient (Wildman–Crippen LogP) is 5.35. The van der Waals surface area contributed by atoms with Gasteiger partial charge in [0.1, 0.15) is 34.6 Å². The summed E-state index contributed by atoms with van der Waals surface area (Å²) in [5.41, 5.74) is 0.954. The van der Waals surface area contributed by atoms with Crippen LogP contribution in [0.3, 0.4) is 0 Å². The maximum atomic E-state index is 14.4. The van der Waals surface area contributed by atoms with E-state index in [0.717, 1.165) is 6.07 Å². The molecule has 4 aromatic rings. The zero-order valence-corrected chi connectivity index (χ0v) is 21.7. The van der Waals surface area contributed by atoms with Crippen molar-refractivity contribution in [1.29, 1.82) is 0 Å². The van der Waals surface area contributed by atoms with Crippen molar-refractivity contribution in [3.8, 4) is 22.8 Å². The van der Waals surface area contributed by atoms with E-state index in [4.69, 9.17) is 16.3 Å². The minimum absolute atomic E-state index is 0.0827. The number of aliphatic hydroxyl groups is 1. The van der Waals surface area contributed by atoms with E-state index in [1.165, 1.54) is 23.8 Å². The van der Waals surface area contributed by atoms with E-state index in [-0.39, 0.29) is 34.3 Å². The minimum atomic E-state index is -1.24. The molecule has 0 aliphatic rings. The molecular formula is C27H25ClF2N4O3. The van der Waals surface area contributed by atoms with Crippen molar-refractivity contribution in [2.45, 2.75) is 46.8 Å². The molecule has 37 heavy (non-hydrogen) atoms. The summed E-state index contributed by atoms with van der Waals surface area (Å²) < 4.78 is 35.0. The number of benzene rings is 1. The first-order valence-corrected chi connectivity index (χ1v) is 11.8. The zero-order valence-electron chi connectivity index (χ0n) is 20.9. The summed E-state index contributed by atoms with van der Waals surface area (Å²) in [5, 5.41) is 10.1. The quantitative estimate of drug-likeness (QED) is 0.364. The fraction of sp³-hybridized carbons (Fsp3) is 0.259. The Balaban J connectivity index is 1.72. The molecule has 3 aromatic heterocycles. The number of pyridine rings is 2. The van der Waals surface area contributed by atoms with Crippen LogP contribution in [-0.4, -0.2) is 24.6 Å². The summed E-state index contributed by atoms with van der Waals surface area (Å²) >= 11 is 6.39. The highest BCUT2D eigenvalue weighted by atomic mass is 35.5. The minimum Gasteiger partial charge on any atom is -0.487 e. The number of hydrogen-bond donors (Lipinski definition) is 1. The van der Waals surface area contributed by atoms with Gasteiger partial charge in [0.05, 0.1) is 17.1 Å². The van der Waals surface area contributed by atoms with Gasteiger partial charge in [-0.15, -0.1) is 0 Å². The first-order valence-electron chi connectivity index (χ1n) is 11.4. The molecule has 0 atom stereocenters. The second-order valence-electron chi connectivity index (χ2n) is 9.22. The van der Waals surface area contributed by atoms with Crippen molar-refractivity contribution < 1.29 is 18.6 Å². The highest BCUT2D eigenvalue weighted by Gasteiger charge is 2.21. The van der Waals surface area contributed by atoms with Crippen LogP contribution in [0, 0.1) is 32.4 Å². The van der Waals surface area contributed by atoms with Gasteiger partial charge in [0.25, 0.3) is 5.56 Å². The largest absolute Gasteiger partial charge is 0.487 e. The Labute approximate surface area is 217 Å². The summed E-state index contributed by atoms with van der Waals surface area (Å²) in [4.78, 5) is 26.3. The number of halogens is 3. The van der Waals surface area contributed by atoms with Gasteiger partial charge < -0.3 is 9.84 Å². The maximum Gasteiger partial charge on any atom is 0.277 e. The van der Waals surface area contributed by atoms with Crippen LogP contribution in [0.5, 0.6) is 5.75 Å². The van der Waals surface area contributed by atoms with E-state index < -0.39 is 22.8 Å². The molecule has 10 heteroatoms. The fourth-order valence-electron chi connectivity index (χ4n) is 3.76. The van der Waals surface area contributed by atoms with Gasteiger partial charge in [-0.1, -0.05) is 11.6 Å². The molecule has 4 rings (SSSR count). The van der Waals surface area contributed by atoms with Gasteiger partial charge in [-0.3, -0.25) is 14.3 Å². The summed E-state index contributed by atoms with van der Waals surface area (Å²) in [7, 11) is 0. The molecule has 7 nitrogen and oxygen atoms in total. The van der Waals surface area contributed by atoms with Crippen molar-refractivity contribution in [2.75, 3.05) is 0 Å². The van der Waals surface area contributed by atoms with Crippen LogP contribution in [0.4, 0.5) is 8.78 Å². The molecule has 0 unspecified atom stereocenters. The molecule has 0 saturated heterocycles. The third-order valence-corrected chi connectivity index (χ3v) is 6.21. The lowest BCUT2D eigenvalue weighted by molar-refractivity contribution is 0.0688. The lowest BCUT2D eigenvalue weighted by Gasteiger charge is -2.18. The van der Waals surface area contributed by atoms with Gasteiger partial charge in [-0.05, 0) is 64.4 Å². The lowest BCUT2D eigenvalue weighted by atomic mass is 10.1. The molecule has 0 amide bonds. The second-order valence-corrected chi connectivity index (χ2v) is 9.60. The van der Waals surface area contributed by atoms with Gasteiger partial charge in [0, 0.05) is 35.3 Å². The monoisotopic (exact) mass is 526 g/mol. The van der Waals surface area contributed by atoms with Crippen LogP contribution in [-0.2, 0) is 12.2 Å². The van der Waals surface area contributed by atoms with Gasteiger partial charge in [0.2, 0.25) is 0 Å². The van der Waals surface area contributed by atoms with Crippen LogP contribution in [0.2, 0.25) is 5.02 Å². The van der Waals surface area contributed by atoms with E-state index in [1.54, 1.807) is 52.1 Å². The first kappa shape index (κ1) is 26.4. The molecule has 0 saturated carbocycles. The van der Waals surface area contributed by atoms with E-state index in [1.807, 2.05) is 0 Å². The first-order chi connectivity index (χ1) is 17.4. The SMILES string of the molecule is Cc1cnc(-c2ccnc(C(C)(C)O)n2)cc1-n1c(C)cc(OCc2ccc(F)c(C)c2F)c(Cl)c1=O. The molecule has 0 radical (unpaired) electrons. The average molecular weight is 527 g/mol. The summed E-state index contributed by atoms with van der Waals surface area (Å²) in [6, 6.07) is 7.39. The Bertz CT molecular complexity index is 1570. The van der Waals surface area contributed by atoms with Crippen molar-refractivity contribution in [2.24, 2.45) is 0 Å². The highest BCUT2D eigenvalue weighted by Crippen LogP contribution is 2.28. The van der Waals surface area contributed by atoms with Gasteiger partial charge in [-0.2, -0.15) is 0 Å². The molecule has 0 aliphatic carbocycles. The maximum absolute atomic E-state index is 14.4. The number of ether oxygens (including phenoxy) is 1. The average Bonchev–Trinajstić information content (AvgIpc) is 2.85.